The maximum absolute atomic E-state index is 9.87. The number of aliphatic carboxylic acids is 1. The van der Waals surface area contributed by atoms with E-state index in [4.69, 9.17) is 20.4 Å². The molecule has 0 heterocycles. The van der Waals surface area contributed by atoms with Gasteiger partial charge in [-0.1, -0.05) is 40.5 Å². The van der Waals surface area contributed by atoms with Gasteiger partial charge in [-0.25, -0.2) is 0 Å². The molecule has 0 amide bonds. The summed E-state index contributed by atoms with van der Waals surface area (Å²) in [4.78, 5) is 9.87. The molecule has 0 aliphatic heterocycles. The fraction of sp³-hybridized carbons (Fsp3) is 0.944. The molecule has 3 unspecified atom stereocenters. The van der Waals surface area contributed by atoms with Crippen LogP contribution in [0.4, 0.5) is 0 Å². The Balaban J connectivity index is -0.0000000677. The minimum absolute atomic E-state index is 0. The molecule has 0 saturated carbocycles. The summed E-state index contributed by atoms with van der Waals surface area (Å²) in [5.41, 5.74) is 0. The first-order valence-electron chi connectivity index (χ1n) is 8.84. The quantitative estimate of drug-likeness (QED) is 0.409. The van der Waals surface area contributed by atoms with Gasteiger partial charge in [0.15, 0.2) is 17.4 Å². The zero-order valence-electron chi connectivity index (χ0n) is 16.4. The molecule has 0 aliphatic rings. The lowest BCUT2D eigenvalue weighted by molar-refractivity contribution is -0.137. The Labute approximate surface area is 160 Å². The molecule has 0 bridgehead atoms. The lowest BCUT2D eigenvalue weighted by Gasteiger charge is -1.90. The molecule has 0 radical (unpaired) electrons. The topological polar surface area (TPSA) is 98.0 Å². The predicted octanol–water partition coefficient (Wildman–Crippen LogP) is 2.80. The first-order valence-corrected chi connectivity index (χ1v) is 8.84. The van der Waals surface area contributed by atoms with Gasteiger partial charge in [-0.3, -0.25) is 4.79 Å². The normalized spacial score (nSPS) is 12.4. The standard InChI is InChI=1S/C6H12O2.3C4H10O.Al.3H/c1-2-3-4-5-6(7)8;3*1-3-4(2)5;;;;/h2-5H2,1H3,(H,7,8);3*4-5H,3H2,1-2H3;;;;. The first kappa shape index (κ1) is 35.1. The summed E-state index contributed by atoms with van der Waals surface area (Å²) in [5, 5.41) is 33.2. The van der Waals surface area contributed by atoms with E-state index >= 15 is 0 Å². The van der Waals surface area contributed by atoms with Gasteiger partial charge in [0.2, 0.25) is 0 Å². The molecular formula is C18H45AlO5. The fourth-order valence-electron chi connectivity index (χ4n) is 0.526. The van der Waals surface area contributed by atoms with Crippen molar-refractivity contribution in [3.8, 4) is 0 Å². The average molecular weight is 369 g/mol. The summed E-state index contributed by atoms with van der Waals surface area (Å²) < 4.78 is 0. The van der Waals surface area contributed by atoms with Crippen molar-refractivity contribution < 1.29 is 25.2 Å². The Kier molecular flexibility index (Phi) is 44.9. The molecular weight excluding hydrogens is 323 g/mol. The van der Waals surface area contributed by atoms with Gasteiger partial charge < -0.3 is 20.4 Å². The number of aliphatic hydroxyl groups is 3. The molecule has 0 saturated heterocycles. The molecule has 0 aliphatic carbocycles. The van der Waals surface area contributed by atoms with Crippen LogP contribution in [0.2, 0.25) is 0 Å². The van der Waals surface area contributed by atoms with E-state index in [1.165, 1.54) is 0 Å². The van der Waals surface area contributed by atoms with Crippen molar-refractivity contribution in [2.75, 3.05) is 0 Å². The molecule has 3 atom stereocenters. The van der Waals surface area contributed by atoms with Gasteiger partial charge in [0.25, 0.3) is 0 Å². The predicted molar refractivity (Wildman–Crippen MR) is 108 cm³/mol. The molecule has 0 spiro atoms. The largest absolute Gasteiger partial charge is 0.481 e. The van der Waals surface area contributed by atoms with E-state index in [2.05, 4.69) is 6.92 Å². The molecule has 5 nitrogen and oxygen atoms in total. The van der Waals surface area contributed by atoms with Crippen molar-refractivity contribution in [3.63, 3.8) is 0 Å². The van der Waals surface area contributed by atoms with Gasteiger partial charge in [0.1, 0.15) is 0 Å². The second-order valence-electron chi connectivity index (χ2n) is 5.62. The third-order valence-electron chi connectivity index (χ3n) is 2.77. The summed E-state index contributed by atoms with van der Waals surface area (Å²) in [6, 6.07) is 0. The SMILES string of the molecule is CCC(C)O.CCC(C)O.CCC(C)O.CCCCCC(=O)O.[AlH3]. The summed E-state index contributed by atoms with van der Waals surface area (Å²) in [6.45, 7) is 13.2. The van der Waals surface area contributed by atoms with Gasteiger partial charge in [0.05, 0.1) is 18.3 Å². The highest BCUT2D eigenvalue weighted by molar-refractivity contribution is 5.75. The van der Waals surface area contributed by atoms with Crippen LogP contribution in [-0.2, 0) is 4.79 Å². The van der Waals surface area contributed by atoms with Crippen molar-refractivity contribution >= 4 is 23.3 Å². The number of hydrogen-bond acceptors (Lipinski definition) is 4. The number of carboxylic acids is 1. The Hall–Kier alpha value is -0.118. The Bertz CT molecular complexity index is 191. The highest BCUT2D eigenvalue weighted by Gasteiger charge is 1.92. The maximum atomic E-state index is 9.87. The van der Waals surface area contributed by atoms with Crippen LogP contribution in [0.5, 0.6) is 0 Å². The van der Waals surface area contributed by atoms with E-state index in [9.17, 15) is 4.79 Å². The van der Waals surface area contributed by atoms with Gasteiger partial charge in [0, 0.05) is 6.42 Å². The highest BCUT2D eigenvalue weighted by atomic mass is 27.0. The van der Waals surface area contributed by atoms with Gasteiger partial charge >= 0.3 is 5.97 Å². The van der Waals surface area contributed by atoms with Crippen LogP contribution in [-0.4, -0.2) is 62.1 Å². The number of hydrogen-bond donors (Lipinski definition) is 4. The van der Waals surface area contributed by atoms with Crippen LogP contribution >= 0.6 is 0 Å². The zero-order chi connectivity index (χ0) is 19.3. The van der Waals surface area contributed by atoms with Crippen LogP contribution in [0.25, 0.3) is 0 Å². The Morgan fingerprint density at radius 3 is 1.12 bits per heavy atom. The average Bonchev–Trinajstić information content (AvgIpc) is 2.48. The van der Waals surface area contributed by atoms with Crippen LogP contribution in [0.15, 0.2) is 0 Å². The third-order valence-corrected chi connectivity index (χ3v) is 2.77. The zero-order valence-corrected chi connectivity index (χ0v) is 16.4. The number of carboxylic acid groups (broad SMARTS) is 1. The van der Waals surface area contributed by atoms with Crippen LogP contribution in [0, 0.1) is 0 Å². The minimum Gasteiger partial charge on any atom is -0.481 e. The van der Waals surface area contributed by atoms with Gasteiger partial charge in [-0.15, -0.1) is 0 Å². The van der Waals surface area contributed by atoms with E-state index in [1.807, 2.05) is 20.8 Å². The van der Waals surface area contributed by atoms with Gasteiger partial charge in [-0.2, -0.15) is 0 Å². The molecule has 0 aromatic rings. The molecule has 0 rings (SSSR count). The first-order chi connectivity index (χ1) is 10.6. The highest BCUT2D eigenvalue weighted by Crippen LogP contribution is 1.97. The lowest BCUT2D eigenvalue weighted by atomic mass is 10.2. The van der Waals surface area contributed by atoms with Crippen molar-refractivity contribution in [2.24, 2.45) is 0 Å². The van der Waals surface area contributed by atoms with E-state index in [0.29, 0.717) is 6.42 Å². The van der Waals surface area contributed by atoms with Crippen molar-refractivity contribution in [1.82, 2.24) is 0 Å². The van der Waals surface area contributed by atoms with Gasteiger partial charge in [-0.05, 0) is 46.5 Å². The smallest absolute Gasteiger partial charge is 0.303 e. The van der Waals surface area contributed by atoms with E-state index in [1.54, 1.807) is 20.8 Å². The number of aliphatic hydroxyl groups excluding tert-OH is 3. The molecule has 0 aromatic heterocycles. The summed E-state index contributed by atoms with van der Waals surface area (Å²) in [5.74, 6) is -0.682. The molecule has 150 valence electrons. The summed E-state index contributed by atoms with van der Waals surface area (Å²) in [7, 11) is 0. The van der Waals surface area contributed by atoms with E-state index in [0.717, 1.165) is 38.5 Å². The van der Waals surface area contributed by atoms with E-state index < -0.39 is 5.97 Å². The third kappa shape index (κ3) is 80.6. The summed E-state index contributed by atoms with van der Waals surface area (Å²) in [6.07, 6.45) is 5.51. The second-order valence-corrected chi connectivity index (χ2v) is 5.62. The number of rotatable bonds is 7. The number of carbonyl (C=O) groups is 1. The molecule has 24 heavy (non-hydrogen) atoms. The molecule has 0 aromatic carbocycles. The van der Waals surface area contributed by atoms with Crippen molar-refractivity contribution in [3.05, 3.63) is 0 Å². The lowest BCUT2D eigenvalue weighted by Crippen LogP contribution is -1.93. The second kappa shape index (κ2) is 30.7. The van der Waals surface area contributed by atoms with Crippen LogP contribution in [0.3, 0.4) is 0 Å². The monoisotopic (exact) mass is 368 g/mol. The van der Waals surface area contributed by atoms with Crippen molar-refractivity contribution in [2.45, 2.75) is 112 Å². The molecule has 0 fully saturated rings. The minimum atomic E-state index is -0.682. The Morgan fingerprint density at radius 2 is 1.00 bits per heavy atom. The van der Waals surface area contributed by atoms with Crippen molar-refractivity contribution in [1.29, 1.82) is 0 Å². The van der Waals surface area contributed by atoms with E-state index in [-0.39, 0.29) is 35.7 Å². The fourth-order valence-corrected chi connectivity index (χ4v) is 0.526. The Morgan fingerprint density at radius 1 is 0.750 bits per heavy atom. The maximum Gasteiger partial charge on any atom is 0.303 e. The van der Waals surface area contributed by atoms with Crippen LogP contribution < -0.4 is 0 Å². The summed E-state index contributed by atoms with van der Waals surface area (Å²) >= 11 is 0. The molecule has 4 N–H and O–H groups in total. The number of unbranched alkanes of at least 4 members (excludes halogenated alkanes) is 2. The molecule has 6 heteroatoms. The van der Waals surface area contributed by atoms with Crippen LogP contribution in [0.1, 0.15) is 93.4 Å².